The molecule has 0 aromatic heterocycles. The maximum Gasteiger partial charge on any atom is 0.0248 e. The highest BCUT2D eigenvalue weighted by Crippen LogP contribution is 2.27. The lowest BCUT2D eigenvalue weighted by Gasteiger charge is -2.40. The van der Waals surface area contributed by atoms with Gasteiger partial charge in [-0.25, -0.2) is 0 Å². The molecule has 0 aromatic carbocycles. The number of rotatable bonds is 5. The summed E-state index contributed by atoms with van der Waals surface area (Å²) in [5.74, 6) is 0.906. The average molecular weight is 212 g/mol. The van der Waals surface area contributed by atoms with Gasteiger partial charge in [-0.15, -0.1) is 0 Å². The fourth-order valence-electron chi connectivity index (χ4n) is 2.64. The summed E-state index contributed by atoms with van der Waals surface area (Å²) >= 11 is 0. The Hall–Kier alpha value is -0.0800. The zero-order valence-electron chi connectivity index (χ0n) is 10.9. The fraction of sp³-hybridized carbons (Fsp3) is 1.00. The molecular formula is C13H28N2. The summed E-state index contributed by atoms with van der Waals surface area (Å²) in [4.78, 5) is 2.52. The quantitative estimate of drug-likeness (QED) is 0.753. The second-order valence-electron chi connectivity index (χ2n) is 5.12. The van der Waals surface area contributed by atoms with E-state index in [0.717, 1.165) is 18.0 Å². The summed E-state index contributed by atoms with van der Waals surface area (Å²) in [5, 5.41) is 3.72. The molecule has 3 unspecified atom stereocenters. The number of hydrogen-bond donors (Lipinski definition) is 1. The minimum absolute atomic E-state index is 0.728. The van der Waals surface area contributed by atoms with Gasteiger partial charge in [0.05, 0.1) is 0 Å². The van der Waals surface area contributed by atoms with Crippen LogP contribution < -0.4 is 5.32 Å². The summed E-state index contributed by atoms with van der Waals surface area (Å²) < 4.78 is 0. The van der Waals surface area contributed by atoms with E-state index >= 15 is 0 Å². The maximum atomic E-state index is 3.72. The van der Waals surface area contributed by atoms with Gasteiger partial charge in [0.25, 0.3) is 0 Å². The molecule has 0 aromatic rings. The van der Waals surface area contributed by atoms with Crippen LogP contribution in [0.15, 0.2) is 0 Å². The van der Waals surface area contributed by atoms with Crippen molar-refractivity contribution in [1.29, 1.82) is 0 Å². The van der Waals surface area contributed by atoms with E-state index in [1.54, 1.807) is 0 Å². The number of likely N-dealkylation sites (N-methyl/N-ethyl adjacent to an activating group) is 1. The molecule has 1 fully saturated rings. The van der Waals surface area contributed by atoms with Crippen molar-refractivity contribution >= 4 is 0 Å². The van der Waals surface area contributed by atoms with Crippen LogP contribution in [0.5, 0.6) is 0 Å². The monoisotopic (exact) mass is 212 g/mol. The molecule has 0 saturated heterocycles. The zero-order valence-corrected chi connectivity index (χ0v) is 10.9. The predicted octanol–water partition coefficient (Wildman–Crippen LogP) is 2.49. The van der Waals surface area contributed by atoms with Gasteiger partial charge in [0.1, 0.15) is 0 Å². The van der Waals surface area contributed by atoms with E-state index in [4.69, 9.17) is 0 Å². The largest absolute Gasteiger partial charge is 0.312 e. The Morgan fingerprint density at radius 1 is 1.27 bits per heavy atom. The Kier molecular flexibility index (Phi) is 5.62. The average Bonchev–Trinajstić information content (AvgIpc) is 2.26. The number of nitrogens with one attached hydrogen (secondary N) is 1. The smallest absolute Gasteiger partial charge is 0.0248 e. The van der Waals surface area contributed by atoms with E-state index in [9.17, 15) is 0 Å². The Balaban J connectivity index is 2.49. The second kappa shape index (κ2) is 6.49. The first kappa shape index (κ1) is 13.0. The summed E-state index contributed by atoms with van der Waals surface area (Å²) in [6.45, 7) is 9.24. The molecule has 0 radical (unpaired) electrons. The van der Waals surface area contributed by atoms with Crippen LogP contribution in [0.2, 0.25) is 0 Å². The first-order valence-corrected chi connectivity index (χ1v) is 6.62. The molecule has 90 valence electrons. The lowest BCUT2D eigenvalue weighted by Crippen LogP contribution is -2.51. The Morgan fingerprint density at radius 2 is 2.00 bits per heavy atom. The van der Waals surface area contributed by atoms with Crippen LogP contribution in [0.4, 0.5) is 0 Å². The Morgan fingerprint density at radius 3 is 2.60 bits per heavy atom. The van der Waals surface area contributed by atoms with Crippen LogP contribution >= 0.6 is 0 Å². The molecule has 0 aliphatic heterocycles. The molecule has 3 atom stereocenters. The zero-order chi connectivity index (χ0) is 11.3. The Bertz CT molecular complexity index is 168. The van der Waals surface area contributed by atoms with Gasteiger partial charge < -0.3 is 10.2 Å². The SMILES string of the molecule is CCCNC1CCC(C)CC1N(C)CC. The number of nitrogens with zero attached hydrogens (tertiary/aromatic N) is 1. The fourth-order valence-corrected chi connectivity index (χ4v) is 2.64. The van der Waals surface area contributed by atoms with Crippen LogP contribution in [0, 0.1) is 5.92 Å². The molecule has 0 amide bonds. The standard InChI is InChI=1S/C13H28N2/c1-5-9-14-12-8-7-11(3)10-13(12)15(4)6-2/h11-14H,5-10H2,1-4H3. The predicted molar refractivity (Wildman–Crippen MR) is 67.2 cm³/mol. The molecule has 1 saturated carbocycles. The van der Waals surface area contributed by atoms with Crippen molar-refractivity contribution in [3.8, 4) is 0 Å². The van der Waals surface area contributed by atoms with Gasteiger partial charge in [-0.2, -0.15) is 0 Å². The summed E-state index contributed by atoms with van der Waals surface area (Å²) in [5.41, 5.74) is 0. The minimum atomic E-state index is 0.728. The first-order chi connectivity index (χ1) is 7.19. The van der Waals surface area contributed by atoms with Crippen LogP contribution in [-0.4, -0.2) is 37.1 Å². The molecule has 1 aliphatic rings. The highest BCUT2D eigenvalue weighted by atomic mass is 15.2. The van der Waals surface area contributed by atoms with Gasteiger partial charge in [0.2, 0.25) is 0 Å². The molecule has 0 bridgehead atoms. The molecule has 1 aliphatic carbocycles. The van der Waals surface area contributed by atoms with E-state index in [1.165, 1.54) is 38.8 Å². The van der Waals surface area contributed by atoms with Crippen molar-refractivity contribution in [2.45, 2.75) is 58.5 Å². The second-order valence-corrected chi connectivity index (χ2v) is 5.12. The van der Waals surface area contributed by atoms with Gasteiger partial charge in [-0.1, -0.05) is 20.8 Å². The van der Waals surface area contributed by atoms with Gasteiger partial charge in [-0.05, 0) is 51.7 Å². The molecule has 1 rings (SSSR count). The van der Waals surface area contributed by atoms with Crippen molar-refractivity contribution in [1.82, 2.24) is 10.2 Å². The summed E-state index contributed by atoms with van der Waals surface area (Å²) in [6.07, 6.45) is 5.37. The molecule has 2 heteroatoms. The summed E-state index contributed by atoms with van der Waals surface area (Å²) in [7, 11) is 2.27. The van der Waals surface area contributed by atoms with E-state index < -0.39 is 0 Å². The lowest BCUT2D eigenvalue weighted by molar-refractivity contribution is 0.129. The van der Waals surface area contributed by atoms with Crippen molar-refractivity contribution in [3.05, 3.63) is 0 Å². The molecule has 15 heavy (non-hydrogen) atoms. The van der Waals surface area contributed by atoms with Crippen LogP contribution in [0.3, 0.4) is 0 Å². The third-order valence-corrected chi connectivity index (χ3v) is 3.80. The first-order valence-electron chi connectivity index (χ1n) is 6.62. The maximum absolute atomic E-state index is 3.72. The Labute approximate surface area is 95.4 Å². The van der Waals surface area contributed by atoms with Crippen LogP contribution in [-0.2, 0) is 0 Å². The van der Waals surface area contributed by atoms with Gasteiger partial charge in [0, 0.05) is 12.1 Å². The van der Waals surface area contributed by atoms with E-state index in [2.05, 4.69) is 38.0 Å². The van der Waals surface area contributed by atoms with Gasteiger partial charge in [-0.3, -0.25) is 0 Å². The molecular weight excluding hydrogens is 184 g/mol. The summed E-state index contributed by atoms with van der Waals surface area (Å²) in [6, 6.07) is 1.48. The van der Waals surface area contributed by atoms with Gasteiger partial charge in [0.15, 0.2) is 0 Å². The molecule has 1 N–H and O–H groups in total. The van der Waals surface area contributed by atoms with Crippen LogP contribution in [0.25, 0.3) is 0 Å². The highest BCUT2D eigenvalue weighted by Gasteiger charge is 2.30. The highest BCUT2D eigenvalue weighted by molar-refractivity contribution is 4.88. The van der Waals surface area contributed by atoms with Crippen molar-refractivity contribution in [2.75, 3.05) is 20.1 Å². The van der Waals surface area contributed by atoms with E-state index in [-0.39, 0.29) is 0 Å². The lowest BCUT2D eigenvalue weighted by atomic mass is 9.82. The van der Waals surface area contributed by atoms with Gasteiger partial charge >= 0.3 is 0 Å². The van der Waals surface area contributed by atoms with Crippen molar-refractivity contribution in [2.24, 2.45) is 5.92 Å². The molecule has 0 heterocycles. The topological polar surface area (TPSA) is 15.3 Å². The normalized spacial score (nSPS) is 32.2. The van der Waals surface area contributed by atoms with Crippen molar-refractivity contribution in [3.63, 3.8) is 0 Å². The van der Waals surface area contributed by atoms with E-state index in [0.29, 0.717) is 0 Å². The molecule has 0 spiro atoms. The van der Waals surface area contributed by atoms with Crippen LogP contribution in [0.1, 0.15) is 46.5 Å². The molecule has 2 nitrogen and oxygen atoms in total. The third-order valence-electron chi connectivity index (χ3n) is 3.80. The number of hydrogen-bond acceptors (Lipinski definition) is 2. The van der Waals surface area contributed by atoms with Crippen molar-refractivity contribution < 1.29 is 0 Å². The minimum Gasteiger partial charge on any atom is -0.312 e. The van der Waals surface area contributed by atoms with E-state index in [1.807, 2.05) is 0 Å². The third kappa shape index (κ3) is 3.76.